The molecule has 2 rings (SSSR count). The van der Waals surface area contributed by atoms with Gasteiger partial charge < -0.3 is 4.74 Å². The van der Waals surface area contributed by atoms with Crippen LogP contribution in [0.15, 0.2) is 28.7 Å². The van der Waals surface area contributed by atoms with Gasteiger partial charge in [0.05, 0.1) is 0 Å². The molecule has 102 valence electrons. The van der Waals surface area contributed by atoms with Gasteiger partial charge in [0, 0.05) is 10.4 Å². The van der Waals surface area contributed by atoms with Crippen molar-refractivity contribution in [2.45, 2.75) is 25.9 Å². The predicted molar refractivity (Wildman–Crippen MR) is 73.2 cm³/mol. The molecule has 0 bridgehead atoms. The molecular weight excluding hydrogens is 312 g/mol. The molecule has 5 nitrogen and oxygen atoms in total. The molecule has 1 atom stereocenters. The number of carbonyl (C=O) groups excluding carboxylic acids is 2. The smallest absolute Gasteiger partial charge is 0.279 e. The lowest BCUT2D eigenvalue weighted by Crippen LogP contribution is -2.47. The first-order chi connectivity index (χ1) is 9.06. The molecule has 1 aliphatic carbocycles. The zero-order valence-corrected chi connectivity index (χ0v) is 12.1. The van der Waals surface area contributed by atoms with Gasteiger partial charge in [0.1, 0.15) is 5.75 Å². The molecule has 0 unspecified atom stereocenters. The molecule has 0 radical (unpaired) electrons. The van der Waals surface area contributed by atoms with Crippen LogP contribution >= 0.6 is 15.9 Å². The SMILES string of the molecule is C[C@H](Oc1cccc(Br)c1)C(=O)NNC(=O)C1CC1. The summed E-state index contributed by atoms with van der Waals surface area (Å²) >= 11 is 3.32. The van der Waals surface area contributed by atoms with Gasteiger partial charge in [-0.25, -0.2) is 0 Å². The maximum absolute atomic E-state index is 11.7. The van der Waals surface area contributed by atoms with Gasteiger partial charge in [-0.3, -0.25) is 20.4 Å². The van der Waals surface area contributed by atoms with E-state index in [2.05, 4.69) is 26.8 Å². The van der Waals surface area contributed by atoms with Gasteiger partial charge in [-0.2, -0.15) is 0 Å². The van der Waals surface area contributed by atoms with Gasteiger partial charge in [0.25, 0.3) is 5.91 Å². The first-order valence-corrected chi connectivity index (χ1v) is 6.87. The Balaban J connectivity index is 1.79. The molecule has 0 saturated heterocycles. The average molecular weight is 327 g/mol. The fraction of sp³-hybridized carbons (Fsp3) is 0.385. The van der Waals surface area contributed by atoms with Crippen LogP contribution in [0.25, 0.3) is 0 Å². The number of hydrogen-bond donors (Lipinski definition) is 2. The van der Waals surface area contributed by atoms with Gasteiger partial charge in [-0.05, 0) is 38.0 Å². The minimum absolute atomic E-state index is 0.0570. The summed E-state index contributed by atoms with van der Waals surface area (Å²) < 4.78 is 6.35. The van der Waals surface area contributed by atoms with Crippen molar-refractivity contribution in [3.63, 3.8) is 0 Å². The zero-order valence-electron chi connectivity index (χ0n) is 10.5. The van der Waals surface area contributed by atoms with E-state index in [1.165, 1.54) is 0 Å². The number of benzene rings is 1. The molecule has 1 aromatic rings. The quantitative estimate of drug-likeness (QED) is 0.829. The summed E-state index contributed by atoms with van der Waals surface area (Å²) in [5.41, 5.74) is 4.76. The maximum Gasteiger partial charge on any atom is 0.279 e. The summed E-state index contributed by atoms with van der Waals surface area (Å²) in [6, 6.07) is 7.22. The number of nitrogens with one attached hydrogen (secondary N) is 2. The number of halogens is 1. The van der Waals surface area contributed by atoms with Crippen LogP contribution in [0.1, 0.15) is 19.8 Å². The highest BCUT2D eigenvalue weighted by Gasteiger charge is 2.30. The molecule has 2 amide bonds. The summed E-state index contributed by atoms with van der Waals surface area (Å²) in [7, 11) is 0. The first kappa shape index (κ1) is 13.9. The molecule has 0 aliphatic heterocycles. The van der Waals surface area contributed by atoms with Crippen molar-refractivity contribution in [3.8, 4) is 5.75 Å². The third kappa shape index (κ3) is 4.24. The number of hydrazine groups is 1. The molecule has 1 fully saturated rings. The topological polar surface area (TPSA) is 67.4 Å². The van der Waals surface area contributed by atoms with Crippen molar-refractivity contribution >= 4 is 27.7 Å². The Kier molecular flexibility index (Phi) is 4.42. The first-order valence-electron chi connectivity index (χ1n) is 6.08. The van der Waals surface area contributed by atoms with Crippen molar-refractivity contribution in [1.82, 2.24) is 10.9 Å². The number of amides is 2. The van der Waals surface area contributed by atoms with Gasteiger partial charge in [-0.15, -0.1) is 0 Å². The molecule has 6 heteroatoms. The van der Waals surface area contributed by atoms with E-state index in [1.54, 1.807) is 19.1 Å². The van der Waals surface area contributed by atoms with Crippen LogP contribution in [-0.2, 0) is 9.59 Å². The Morgan fingerprint density at radius 2 is 2.11 bits per heavy atom. The predicted octanol–water partition coefficient (Wildman–Crippen LogP) is 1.77. The minimum Gasteiger partial charge on any atom is -0.481 e. The highest BCUT2D eigenvalue weighted by Crippen LogP contribution is 2.28. The Bertz CT molecular complexity index is 489. The third-order valence-electron chi connectivity index (χ3n) is 2.74. The highest BCUT2D eigenvalue weighted by molar-refractivity contribution is 9.10. The molecule has 1 aromatic carbocycles. The van der Waals surface area contributed by atoms with E-state index in [1.807, 2.05) is 12.1 Å². The van der Waals surface area contributed by atoms with E-state index in [0.29, 0.717) is 5.75 Å². The van der Waals surface area contributed by atoms with E-state index in [0.717, 1.165) is 17.3 Å². The van der Waals surface area contributed by atoms with Crippen LogP contribution in [0.4, 0.5) is 0 Å². The normalized spacial score (nSPS) is 15.5. The van der Waals surface area contributed by atoms with Crippen LogP contribution in [0.5, 0.6) is 5.75 Å². The van der Waals surface area contributed by atoms with Crippen LogP contribution < -0.4 is 15.6 Å². The lowest BCUT2D eigenvalue weighted by atomic mass is 10.3. The highest BCUT2D eigenvalue weighted by atomic mass is 79.9. The zero-order chi connectivity index (χ0) is 13.8. The van der Waals surface area contributed by atoms with Gasteiger partial charge in [0.2, 0.25) is 5.91 Å². The fourth-order valence-electron chi connectivity index (χ4n) is 1.47. The van der Waals surface area contributed by atoms with Gasteiger partial charge >= 0.3 is 0 Å². The van der Waals surface area contributed by atoms with E-state index in [9.17, 15) is 9.59 Å². The second-order valence-electron chi connectivity index (χ2n) is 4.47. The molecule has 1 saturated carbocycles. The van der Waals surface area contributed by atoms with Crippen molar-refractivity contribution in [2.75, 3.05) is 0 Å². The molecule has 0 spiro atoms. The lowest BCUT2D eigenvalue weighted by molar-refractivity contribution is -0.133. The molecule has 2 N–H and O–H groups in total. The lowest BCUT2D eigenvalue weighted by Gasteiger charge is -2.15. The van der Waals surface area contributed by atoms with Crippen LogP contribution in [0, 0.1) is 5.92 Å². The third-order valence-corrected chi connectivity index (χ3v) is 3.23. The average Bonchev–Trinajstić information content (AvgIpc) is 3.19. The molecule has 0 aromatic heterocycles. The Morgan fingerprint density at radius 3 is 2.74 bits per heavy atom. The van der Waals surface area contributed by atoms with Crippen molar-refractivity contribution < 1.29 is 14.3 Å². The monoisotopic (exact) mass is 326 g/mol. The number of ether oxygens (including phenoxy) is 1. The summed E-state index contributed by atoms with van der Waals surface area (Å²) in [5.74, 6) is 0.129. The van der Waals surface area contributed by atoms with E-state index in [-0.39, 0.29) is 17.7 Å². The number of rotatable bonds is 4. The Hall–Kier alpha value is -1.56. The number of hydrogen-bond acceptors (Lipinski definition) is 3. The number of carbonyl (C=O) groups is 2. The van der Waals surface area contributed by atoms with E-state index in [4.69, 9.17) is 4.74 Å². The fourth-order valence-corrected chi connectivity index (χ4v) is 1.85. The van der Waals surface area contributed by atoms with Crippen LogP contribution in [0.3, 0.4) is 0 Å². The van der Waals surface area contributed by atoms with Gasteiger partial charge in [0.15, 0.2) is 6.10 Å². The van der Waals surface area contributed by atoms with Crippen LogP contribution in [-0.4, -0.2) is 17.9 Å². The molecule has 0 heterocycles. The molecule has 19 heavy (non-hydrogen) atoms. The summed E-state index contributed by atoms with van der Waals surface area (Å²) in [6.07, 6.45) is 1.10. The van der Waals surface area contributed by atoms with Crippen molar-refractivity contribution in [3.05, 3.63) is 28.7 Å². The van der Waals surface area contributed by atoms with Crippen molar-refractivity contribution in [1.29, 1.82) is 0 Å². The standard InChI is InChI=1S/C13H15BrN2O3/c1-8(19-11-4-2-3-10(14)7-11)12(17)15-16-13(18)9-5-6-9/h2-4,7-9H,5-6H2,1H3,(H,15,17)(H,16,18)/t8-/m0/s1. The van der Waals surface area contributed by atoms with Crippen LogP contribution in [0.2, 0.25) is 0 Å². The Labute approximate surface area is 119 Å². The minimum atomic E-state index is -0.686. The molecular formula is C13H15BrN2O3. The van der Waals surface area contributed by atoms with E-state index >= 15 is 0 Å². The second-order valence-corrected chi connectivity index (χ2v) is 5.39. The summed E-state index contributed by atoms with van der Waals surface area (Å²) in [5, 5.41) is 0. The maximum atomic E-state index is 11.7. The van der Waals surface area contributed by atoms with Gasteiger partial charge in [-0.1, -0.05) is 22.0 Å². The van der Waals surface area contributed by atoms with E-state index < -0.39 is 6.10 Å². The van der Waals surface area contributed by atoms with Crippen molar-refractivity contribution in [2.24, 2.45) is 5.92 Å². The second kappa shape index (κ2) is 6.06. The summed E-state index contributed by atoms with van der Waals surface area (Å²) in [4.78, 5) is 23.1. The molecule has 1 aliphatic rings. The Morgan fingerprint density at radius 1 is 1.37 bits per heavy atom. The largest absolute Gasteiger partial charge is 0.481 e. The summed E-state index contributed by atoms with van der Waals surface area (Å²) in [6.45, 7) is 1.62.